The largest absolute Gasteiger partial charge is 0.504 e. The topological polar surface area (TPSA) is 40.5 Å². The van der Waals surface area contributed by atoms with E-state index < -0.39 is 0 Å². The molecule has 46 valence electrons. The van der Waals surface area contributed by atoms with Crippen molar-refractivity contribution in [3.63, 3.8) is 0 Å². The summed E-state index contributed by atoms with van der Waals surface area (Å²) in [6, 6.07) is 0. The van der Waals surface area contributed by atoms with Crippen molar-refractivity contribution in [2.24, 2.45) is 0 Å². The molecule has 1 aromatic rings. The molecular formula is C4H6B2O2S. The van der Waals surface area contributed by atoms with Crippen LogP contribution in [0.4, 0.5) is 0 Å². The Labute approximate surface area is 59.0 Å². The van der Waals surface area contributed by atoms with Crippen LogP contribution in [0.1, 0.15) is 0 Å². The lowest BCUT2D eigenvalue weighted by Gasteiger charge is -1.87. The molecule has 0 bridgehead atoms. The van der Waals surface area contributed by atoms with E-state index in [0.29, 0.717) is 0 Å². The van der Waals surface area contributed by atoms with Crippen molar-refractivity contribution in [3.05, 3.63) is 0 Å². The summed E-state index contributed by atoms with van der Waals surface area (Å²) in [6.07, 6.45) is 0. The van der Waals surface area contributed by atoms with E-state index in [4.69, 9.17) is 10.2 Å². The molecule has 0 aliphatic carbocycles. The highest BCUT2D eigenvalue weighted by molar-refractivity contribution is 7.27. The lowest BCUT2D eigenvalue weighted by atomic mass is 10.0. The summed E-state index contributed by atoms with van der Waals surface area (Å²) < 4.78 is 1.54. The summed E-state index contributed by atoms with van der Waals surface area (Å²) >= 11 is 1.40. The van der Waals surface area contributed by atoms with E-state index >= 15 is 0 Å². The van der Waals surface area contributed by atoms with Crippen LogP contribution in [0.3, 0.4) is 0 Å². The fourth-order valence-corrected chi connectivity index (χ4v) is 1.51. The molecule has 0 aliphatic heterocycles. The zero-order valence-corrected chi connectivity index (χ0v) is 6.12. The van der Waals surface area contributed by atoms with Crippen LogP contribution < -0.4 is 9.55 Å². The lowest BCUT2D eigenvalue weighted by molar-refractivity contribution is 0.412. The third-order valence-corrected chi connectivity index (χ3v) is 2.20. The zero-order chi connectivity index (χ0) is 7.02. The highest BCUT2D eigenvalue weighted by atomic mass is 32.1. The summed E-state index contributed by atoms with van der Waals surface area (Å²) in [5.74, 6) is 0.0509. The molecule has 0 atom stereocenters. The maximum absolute atomic E-state index is 8.99. The van der Waals surface area contributed by atoms with Crippen LogP contribution in [0.25, 0.3) is 0 Å². The number of rotatable bonds is 0. The van der Waals surface area contributed by atoms with E-state index in [-0.39, 0.29) is 11.5 Å². The van der Waals surface area contributed by atoms with E-state index in [0.717, 1.165) is 9.55 Å². The van der Waals surface area contributed by atoms with E-state index in [9.17, 15) is 0 Å². The van der Waals surface area contributed by atoms with Crippen LogP contribution in [0.2, 0.25) is 0 Å². The van der Waals surface area contributed by atoms with Crippen molar-refractivity contribution in [1.82, 2.24) is 0 Å². The molecule has 5 heteroatoms. The van der Waals surface area contributed by atoms with Crippen molar-refractivity contribution in [2.75, 3.05) is 0 Å². The third kappa shape index (κ3) is 0.920. The second kappa shape index (κ2) is 1.99. The van der Waals surface area contributed by atoms with Crippen LogP contribution in [-0.4, -0.2) is 25.9 Å². The van der Waals surface area contributed by atoms with Gasteiger partial charge in [0.15, 0.2) is 27.2 Å². The van der Waals surface area contributed by atoms with Gasteiger partial charge in [-0.3, -0.25) is 0 Å². The van der Waals surface area contributed by atoms with Gasteiger partial charge < -0.3 is 10.2 Å². The number of thiophene rings is 1. The molecule has 0 spiro atoms. The minimum absolute atomic E-state index is 0.0255. The highest BCUT2D eigenvalue weighted by Crippen LogP contribution is 2.21. The highest BCUT2D eigenvalue weighted by Gasteiger charge is 2.08. The minimum atomic E-state index is 0.0255. The molecule has 2 nitrogen and oxygen atoms in total. The maximum Gasteiger partial charge on any atom is 0.160 e. The molecule has 0 amide bonds. The molecule has 0 radical (unpaired) electrons. The SMILES string of the molecule is Bc1sc(B)c(O)c1O. The van der Waals surface area contributed by atoms with Crippen LogP contribution in [0, 0.1) is 0 Å². The van der Waals surface area contributed by atoms with Crippen LogP contribution in [0.5, 0.6) is 11.5 Å². The maximum atomic E-state index is 8.99. The average Bonchev–Trinajstić information content (AvgIpc) is 1.98. The third-order valence-electron chi connectivity index (χ3n) is 1.20. The van der Waals surface area contributed by atoms with Gasteiger partial charge in [0.05, 0.1) is 0 Å². The second-order valence-corrected chi connectivity index (χ2v) is 3.34. The Morgan fingerprint density at radius 1 is 1.00 bits per heavy atom. The molecule has 0 aromatic carbocycles. The van der Waals surface area contributed by atoms with Crippen molar-refractivity contribution >= 4 is 36.6 Å². The van der Waals surface area contributed by atoms with Crippen molar-refractivity contribution in [3.8, 4) is 11.5 Å². The van der Waals surface area contributed by atoms with E-state index in [1.54, 1.807) is 15.7 Å². The van der Waals surface area contributed by atoms with Gasteiger partial charge in [-0.2, -0.15) is 11.3 Å². The monoisotopic (exact) mass is 140 g/mol. The fourth-order valence-electron chi connectivity index (χ4n) is 0.660. The smallest absolute Gasteiger partial charge is 0.160 e. The Bertz CT molecular complexity index is 210. The molecule has 1 heterocycles. The number of hydrogen-bond donors (Lipinski definition) is 2. The second-order valence-electron chi connectivity index (χ2n) is 1.91. The first-order valence-corrected chi connectivity index (χ1v) is 3.42. The van der Waals surface area contributed by atoms with E-state index in [1.807, 2.05) is 0 Å². The van der Waals surface area contributed by atoms with Crippen LogP contribution >= 0.6 is 11.3 Å². The van der Waals surface area contributed by atoms with Crippen molar-refractivity contribution < 1.29 is 10.2 Å². The van der Waals surface area contributed by atoms with Gasteiger partial charge in [-0.25, -0.2) is 0 Å². The minimum Gasteiger partial charge on any atom is -0.504 e. The molecule has 2 N–H and O–H groups in total. The number of hydrogen-bond acceptors (Lipinski definition) is 3. The van der Waals surface area contributed by atoms with E-state index in [1.165, 1.54) is 11.3 Å². The van der Waals surface area contributed by atoms with Gasteiger partial charge >= 0.3 is 0 Å². The molecule has 0 saturated heterocycles. The van der Waals surface area contributed by atoms with Gasteiger partial charge in [0.25, 0.3) is 0 Å². The lowest BCUT2D eigenvalue weighted by Crippen LogP contribution is -1.95. The van der Waals surface area contributed by atoms with Gasteiger partial charge in [0.2, 0.25) is 0 Å². The molecule has 1 rings (SSSR count). The Morgan fingerprint density at radius 3 is 1.44 bits per heavy atom. The fraction of sp³-hybridized carbons (Fsp3) is 0. The summed E-state index contributed by atoms with van der Waals surface area (Å²) in [7, 11) is 3.54. The van der Waals surface area contributed by atoms with Crippen molar-refractivity contribution in [2.45, 2.75) is 0 Å². The predicted octanol–water partition coefficient (Wildman–Crippen LogP) is -2.32. The molecular weight excluding hydrogens is 134 g/mol. The first kappa shape index (κ1) is 6.55. The number of aromatic hydroxyl groups is 2. The zero-order valence-electron chi connectivity index (χ0n) is 5.30. The van der Waals surface area contributed by atoms with Crippen LogP contribution in [-0.2, 0) is 0 Å². The van der Waals surface area contributed by atoms with Gasteiger partial charge in [-0.1, -0.05) is 0 Å². The predicted molar refractivity (Wildman–Crippen MR) is 44.0 cm³/mol. The summed E-state index contributed by atoms with van der Waals surface area (Å²) in [5.41, 5.74) is 0. The first-order valence-electron chi connectivity index (χ1n) is 2.61. The quantitative estimate of drug-likeness (QED) is 0.397. The Balaban J connectivity index is 3.29. The molecule has 9 heavy (non-hydrogen) atoms. The Kier molecular flexibility index (Phi) is 1.45. The van der Waals surface area contributed by atoms with Gasteiger partial charge in [0.1, 0.15) is 0 Å². The van der Waals surface area contributed by atoms with Crippen molar-refractivity contribution in [1.29, 1.82) is 0 Å². The normalized spacial score (nSPS) is 9.78. The molecule has 0 fully saturated rings. The first-order chi connectivity index (χ1) is 4.13. The Morgan fingerprint density at radius 2 is 1.33 bits per heavy atom. The molecule has 0 unspecified atom stereocenters. The average molecular weight is 140 g/mol. The molecule has 0 aliphatic rings. The summed E-state index contributed by atoms with van der Waals surface area (Å²) in [5, 5.41) is 18.0. The molecule has 0 saturated carbocycles. The summed E-state index contributed by atoms with van der Waals surface area (Å²) in [6.45, 7) is 0. The Hall–Kier alpha value is -0.570. The van der Waals surface area contributed by atoms with Gasteiger partial charge in [0, 0.05) is 9.55 Å². The molecule has 1 aromatic heterocycles. The van der Waals surface area contributed by atoms with Crippen LogP contribution in [0.15, 0.2) is 0 Å². The van der Waals surface area contributed by atoms with E-state index in [2.05, 4.69) is 0 Å². The van der Waals surface area contributed by atoms with Gasteiger partial charge in [-0.15, -0.1) is 0 Å². The van der Waals surface area contributed by atoms with Gasteiger partial charge in [-0.05, 0) is 0 Å². The standard InChI is InChI=1S/C4H6B2O2S/c5-3-1(7)2(8)4(6)9-3/h7-8H,5-6H2. The summed E-state index contributed by atoms with van der Waals surface area (Å²) in [4.78, 5) is 0.